The molecule has 0 spiro atoms. The molecule has 6 nitrogen and oxygen atoms in total. The van der Waals surface area contributed by atoms with Gasteiger partial charge >= 0.3 is 0 Å². The van der Waals surface area contributed by atoms with Crippen LogP contribution in [0.25, 0.3) is 0 Å². The molecule has 1 aliphatic heterocycles. The molecule has 1 aliphatic carbocycles. The molecule has 0 fully saturated rings. The number of ether oxygens (including phenoxy) is 2. The van der Waals surface area contributed by atoms with Gasteiger partial charge in [-0.1, -0.05) is 6.07 Å². The summed E-state index contributed by atoms with van der Waals surface area (Å²) in [6, 6.07) is 9.08. The Bertz CT molecular complexity index is 1040. The van der Waals surface area contributed by atoms with Gasteiger partial charge in [-0.25, -0.2) is 4.39 Å². The van der Waals surface area contributed by atoms with Crippen LogP contribution < -0.4 is 14.4 Å². The first-order chi connectivity index (χ1) is 14.4. The van der Waals surface area contributed by atoms with Crippen LogP contribution in [0.5, 0.6) is 17.2 Å². The lowest BCUT2D eigenvalue weighted by Crippen LogP contribution is -2.40. The van der Waals surface area contributed by atoms with Crippen molar-refractivity contribution in [1.82, 2.24) is 0 Å². The summed E-state index contributed by atoms with van der Waals surface area (Å²) in [5.41, 5.74) is 2.24. The third-order valence-electron chi connectivity index (χ3n) is 5.65. The van der Waals surface area contributed by atoms with Gasteiger partial charge in [0.15, 0.2) is 17.3 Å². The Morgan fingerprint density at radius 1 is 1.07 bits per heavy atom. The van der Waals surface area contributed by atoms with Crippen LogP contribution in [0.3, 0.4) is 0 Å². The first kappa shape index (κ1) is 19.9. The third-order valence-corrected chi connectivity index (χ3v) is 5.65. The molecule has 1 heterocycles. The van der Waals surface area contributed by atoms with Gasteiger partial charge in [0.2, 0.25) is 11.7 Å². The molecule has 1 amide bonds. The van der Waals surface area contributed by atoms with Crippen LogP contribution in [0.2, 0.25) is 0 Å². The number of ketones is 1. The minimum Gasteiger partial charge on any atom is -0.502 e. The molecule has 2 aliphatic rings. The van der Waals surface area contributed by atoms with Crippen molar-refractivity contribution >= 4 is 17.4 Å². The Kier molecular flexibility index (Phi) is 5.20. The number of halogens is 1. The van der Waals surface area contributed by atoms with Crippen LogP contribution in [0.15, 0.2) is 47.7 Å². The van der Waals surface area contributed by atoms with Gasteiger partial charge in [0.1, 0.15) is 5.82 Å². The number of methoxy groups -OCH3 is 2. The van der Waals surface area contributed by atoms with Crippen molar-refractivity contribution in [3.8, 4) is 17.2 Å². The minimum atomic E-state index is -0.492. The lowest BCUT2D eigenvalue weighted by atomic mass is 9.77. The van der Waals surface area contributed by atoms with Crippen LogP contribution in [0.1, 0.15) is 37.2 Å². The van der Waals surface area contributed by atoms with E-state index in [1.54, 1.807) is 24.3 Å². The molecule has 2 aromatic rings. The van der Waals surface area contributed by atoms with E-state index in [0.717, 1.165) is 0 Å². The predicted molar refractivity (Wildman–Crippen MR) is 108 cm³/mol. The molecule has 1 N–H and O–H groups in total. The van der Waals surface area contributed by atoms with E-state index in [4.69, 9.17) is 9.47 Å². The van der Waals surface area contributed by atoms with Crippen LogP contribution in [-0.4, -0.2) is 31.0 Å². The highest BCUT2D eigenvalue weighted by atomic mass is 19.1. The second-order valence-electron chi connectivity index (χ2n) is 7.38. The van der Waals surface area contributed by atoms with E-state index in [1.165, 1.54) is 31.3 Å². The third kappa shape index (κ3) is 3.30. The molecule has 30 heavy (non-hydrogen) atoms. The van der Waals surface area contributed by atoms with Gasteiger partial charge in [0.25, 0.3) is 0 Å². The summed E-state index contributed by atoms with van der Waals surface area (Å²) in [6.07, 6.45) is 1.61. The van der Waals surface area contributed by atoms with Gasteiger partial charge in [0, 0.05) is 30.0 Å². The molecular weight excluding hydrogens is 389 g/mol. The van der Waals surface area contributed by atoms with E-state index < -0.39 is 11.7 Å². The number of rotatable bonds is 4. The predicted octanol–water partition coefficient (Wildman–Crippen LogP) is 4.08. The summed E-state index contributed by atoms with van der Waals surface area (Å²) in [5, 5.41) is 10.2. The fraction of sp³-hybridized carbons (Fsp3) is 0.304. The number of nitrogens with zero attached hydrogens (tertiary/aromatic N) is 1. The van der Waals surface area contributed by atoms with Gasteiger partial charge in [-0.2, -0.15) is 0 Å². The van der Waals surface area contributed by atoms with Crippen molar-refractivity contribution < 1.29 is 28.6 Å². The molecule has 0 saturated heterocycles. The number of amides is 1. The van der Waals surface area contributed by atoms with Crippen LogP contribution in [-0.2, 0) is 9.59 Å². The molecule has 0 aromatic heterocycles. The molecular formula is C23H22FNO5. The molecule has 0 bridgehead atoms. The van der Waals surface area contributed by atoms with Crippen LogP contribution in [0, 0.1) is 5.82 Å². The summed E-state index contributed by atoms with van der Waals surface area (Å²) >= 11 is 0. The molecule has 1 atom stereocenters. The molecule has 0 radical (unpaired) electrons. The first-order valence-electron chi connectivity index (χ1n) is 9.74. The van der Waals surface area contributed by atoms with Crippen molar-refractivity contribution in [2.45, 2.75) is 31.6 Å². The monoisotopic (exact) mass is 411 g/mol. The van der Waals surface area contributed by atoms with E-state index in [0.29, 0.717) is 41.8 Å². The largest absolute Gasteiger partial charge is 0.502 e. The Balaban J connectivity index is 1.88. The molecule has 2 aromatic carbocycles. The zero-order chi connectivity index (χ0) is 21.4. The fourth-order valence-corrected chi connectivity index (χ4v) is 4.31. The smallest absolute Gasteiger partial charge is 0.232 e. The number of hydrogen-bond donors (Lipinski definition) is 1. The standard InChI is InChI=1S/C23H22FNO5/c1-29-19-9-13(10-20(30-2)23(19)28)16-12-21(27)25(15-6-3-5-14(24)11-15)17-7-4-8-18(26)22(16)17/h3,5-6,9-11,16,28H,4,7-8,12H2,1-2H3. The van der Waals surface area contributed by atoms with Crippen molar-refractivity contribution in [3.63, 3.8) is 0 Å². The second-order valence-corrected chi connectivity index (χ2v) is 7.38. The highest BCUT2D eigenvalue weighted by molar-refractivity contribution is 6.07. The average molecular weight is 411 g/mol. The maximum Gasteiger partial charge on any atom is 0.232 e. The second kappa shape index (κ2) is 7.82. The normalized spacial score (nSPS) is 19.0. The Morgan fingerprint density at radius 2 is 1.77 bits per heavy atom. The van der Waals surface area contributed by atoms with Crippen molar-refractivity contribution in [3.05, 3.63) is 59.0 Å². The topological polar surface area (TPSA) is 76.1 Å². The van der Waals surface area contributed by atoms with Gasteiger partial charge in [-0.3, -0.25) is 14.5 Å². The number of aromatic hydroxyl groups is 1. The number of Topliss-reactive ketones (excluding diaryl/α,β-unsaturated/α-hetero) is 1. The van der Waals surface area contributed by atoms with Crippen LogP contribution in [0.4, 0.5) is 10.1 Å². The zero-order valence-corrected chi connectivity index (χ0v) is 16.8. The summed E-state index contributed by atoms with van der Waals surface area (Å²) in [4.78, 5) is 27.6. The number of benzene rings is 2. The number of phenolic OH excluding ortho intramolecular Hbond substituents is 1. The number of carbonyl (C=O) groups is 2. The highest BCUT2D eigenvalue weighted by Gasteiger charge is 2.40. The lowest BCUT2D eigenvalue weighted by molar-refractivity contribution is -0.119. The number of carbonyl (C=O) groups excluding carboxylic acids is 2. The summed E-state index contributed by atoms with van der Waals surface area (Å²) < 4.78 is 24.3. The number of phenols is 1. The Labute approximate surface area is 173 Å². The fourth-order valence-electron chi connectivity index (χ4n) is 4.31. The van der Waals surface area contributed by atoms with Crippen LogP contribution >= 0.6 is 0 Å². The van der Waals surface area contributed by atoms with Crippen molar-refractivity contribution in [2.24, 2.45) is 0 Å². The maximum absolute atomic E-state index is 13.8. The van der Waals surface area contributed by atoms with Gasteiger partial charge in [0.05, 0.1) is 19.9 Å². The number of hydrogen-bond acceptors (Lipinski definition) is 5. The van der Waals surface area contributed by atoms with Gasteiger partial charge in [-0.15, -0.1) is 0 Å². The first-order valence-corrected chi connectivity index (χ1v) is 9.74. The summed E-state index contributed by atoms with van der Waals surface area (Å²) in [5.74, 6) is -0.916. The minimum absolute atomic E-state index is 0.0267. The lowest BCUT2D eigenvalue weighted by Gasteiger charge is -2.38. The number of anilines is 1. The van der Waals surface area contributed by atoms with E-state index in [9.17, 15) is 19.1 Å². The highest BCUT2D eigenvalue weighted by Crippen LogP contribution is 2.47. The Hall–Kier alpha value is -3.35. The average Bonchev–Trinajstić information content (AvgIpc) is 2.73. The number of allylic oxidation sites excluding steroid dienone is 2. The van der Waals surface area contributed by atoms with E-state index in [-0.39, 0.29) is 35.4 Å². The van der Waals surface area contributed by atoms with Crippen molar-refractivity contribution in [2.75, 3.05) is 19.1 Å². The van der Waals surface area contributed by atoms with Crippen molar-refractivity contribution in [1.29, 1.82) is 0 Å². The quantitative estimate of drug-likeness (QED) is 0.821. The van der Waals surface area contributed by atoms with E-state index in [1.807, 2.05) is 0 Å². The summed E-state index contributed by atoms with van der Waals surface area (Å²) in [7, 11) is 2.85. The zero-order valence-electron chi connectivity index (χ0n) is 16.8. The molecule has 0 saturated carbocycles. The molecule has 4 rings (SSSR count). The summed E-state index contributed by atoms with van der Waals surface area (Å²) in [6.45, 7) is 0. The van der Waals surface area contributed by atoms with E-state index in [2.05, 4.69) is 0 Å². The molecule has 1 unspecified atom stereocenters. The maximum atomic E-state index is 13.8. The SMILES string of the molecule is COc1cc(C2CC(=O)N(c3cccc(F)c3)C3=C2C(=O)CCC3)cc(OC)c1O. The van der Waals surface area contributed by atoms with Gasteiger partial charge < -0.3 is 14.6 Å². The molecule has 7 heteroatoms. The van der Waals surface area contributed by atoms with Gasteiger partial charge in [-0.05, 0) is 48.7 Å². The van der Waals surface area contributed by atoms with E-state index >= 15 is 0 Å². The molecule has 156 valence electrons. The Morgan fingerprint density at radius 3 is 2.40 bits per heavy atom.